The van der Waals surface area contributed by atoms with Crippen molar-refractivity contribution in [1.29, 1.82) is 0 Å². The summed E-state index contributed by atoms with van der Waals surface area (Å²) in [5, 5.41) is 38.4. The van der Waals surface area contributed by atoms with Crippen molar-refractivity contribution in [2.75, 3.05) is 0 Å². The molecule has 0 aliphatic carbocycles. The maximum Gasteiger partial charge on any atom is 0.631 e. The van der Waals surface area contributed by atoms with Crippen molar-refractivity contribution in [3.63, 3.8) is 0 Å². The fraction of sp³-hybridized carbons (Fsp3) is 0. The average Bonchev–Trinajstić information content (AvgIpc) is 2.16. The van der Waals surface area contributed by atoms with Crippen LogP contribution in [0.3, 0.4) is 0 Å². The molecule has 86 valence electrons. The van der Waals surface area contributed by atoms with Gasteiger partial charge in [-0.05, 0) is 0 Å². The Labute approximate surface area is 88.8 Å². The molecule has 0 atom stereocenters. The third kappa shape index (κ3) is 5.00. The Morgan fingerprint density at radius 3 is 1.38 bits per heavy atom. The van der Waals surface area contributed by atoms with Crippen molar-refractivity contribution < 1.29 is 34.9 Å². The first-order valence-corrected chi connectivity index (χ1v) is 3.68. The first kappa shape index (κ1) is 14.0. The minimum absolute atomic E-state index is 0.551. The lowest BCUT2D eigenvalue weighted by Crippen LogP contribution is -2.12. The molecule has 0 radical (unpaired) electrons. The minimum atomic E-state index is -2.17. The molecule has 10 heteroatoms. The second-order valence-corrected chi connectivity index (χ2v) is 2.21. The second kappa shape index (κ2) is 6.45. The van der Waals surface area contributed by atoms with Gasteiger partial charge in [0.15, 0.2) is 11.4 Å². The molecule has 0 aliphatic rings. The van der Waals surface area contributed by atoms with E-state index >= 15 is 0 Å². The molecule has 0 saturated heterocycles. The lowest BCUT2D eigenvalue weighted by atomic mass is 10.3. The molecule has 1 heterocycles. The van der Waals surface area contributed by atoms with E-state index in [2.05, 4.69) is 9.97 Å². The van der Waals surface area contributed by atoms with Crippen LogP contribution in [-0.4, -0.2) is 54.5 Å². The fourth-order valence-electron chi connectivity index (χ4n) is 0.651. The molecule has 0 aromatic carbocycles. The summed E-state index contributed by atoms with van der Waals surface area (Å²) >= 11 is 0. The third-order valence-electron chi connectivity index (χ3n) is 1.10. The van der Waals surface area contributed by atoms with Gasteiger partial charge in [0, 0.05) is 12.4 Å². The van der Waals surface area contributed by atoms with E-state index in [4.69, 9.17) is 25.3 Å². The molecule has 0 fully saturated rings. The predicted octanol–water partition coefficient (Wildman–Crippen LogP) is -2.18. The number of carboxylic acids is 2. The Hall–Kier alpha value is -2.04. The number of carboxylic acid groups (broad SMARTS) is 2. The van der Waals surface area contributed by atoms with Crippen LogP contribution < -0.4 is 0 Å². The third-order valence-corrected chi connectivity index (χ3v) is 1.10. The standard InChI is InChI=1S/C6H4N2O4.BH3O3/c9-5(10)3-4(6(11)12)8-2-1-7-3;2-1(3)4/h1-2H,(H,9,10)(H,11,12);2-4H. The number of carbonyl (C=O) groups is 2. The molecule has 0 saturated carbocycles. The van der Waals surface area contributed by atoms with Crippen LogP contribution >= 0.6 is 0 Å². The zero-order valence-electron chi connectivity index (χ0n) is 7.68. The van der Waals surface area contributed by atoms with Crippen LogP contribution in [0, 0.1) is 0 Å². The Bertz CT molecular complexity index is 347. The van der Waals surface area contributed by atoms with E-state index < -0.39 is 30.6 Å². The summed E-state index contributed by atoms with van der Waals surface area (Å²) in [5.41, 5.74) is -1.10. The SMILES string of the molecule is O=C(O)c1nccnc1C(=O)O.OB(O)O. The van der Waals surface area contributed by atoms with E-state index in [0.29, 0.717) is 0 Å². The quantitative estimate of drug-likeness (QED) is 0.355. The highest BCUT2D eigenvalue weighted by molar-refractivity contribution is 6.30. The van der Waals surface area contributed by atoms with E-state index in [9.17, 15) is 9.59 Å². The largest absolute Gasteiger partial charge is 0.631 e. The van der Waals surface area contributed by atoms with E-state index in [1.165, 1.54) is 0 Å². The normalized spacial score (nSPS) is 8.69. The van der Waals surface area contributed by atoms with Crippen LogP contribution in [0.25, 0.3) is 0 Å². The Kier molecular flexibility index (Phi) is 5.63. The number of aromatic carboxylic acids is 2. The molecule has 0 spiro atoms. The molecule has 0 aliphatic heterocycles. The number of nitrogens with zero attached hydrogens (tertiary/aromatic N) is 2. The zero-order valence-corrected chi connectivity index (χ0v) is 7.68. The number of rotatable bonds is 2. The van der Waals surface area contributed by atoms with Crippen molar-refractivity contribution in [3.8, 4) is 0 Å². The van der Waals surface area contributed by atoms with Crippen molar-refractivity contribution >= 4 is 19.3 Å². The summed E-state index contributed by atoms with van der Waals surface area (Å²) in [6, 6.07) is 0. The van der Waals surface area contributed by atoms with Gasteiger partial charge in [0.1, 0.15) is 0 Å². The highest BCUT2D eigenvalue weighted by atomic mass is 16.5. The van der Waals surface area contributed by atoms with E-state index in [0.717, 1.165) is 12.4 Å². The second-order valence-electron chi connectivity index (χ2n) is 2.21. The van der Waals surface area contributed by atoms with Gasteiger partial charge < -0.3 is 25.3 Å². The Morgan fingerprint density at radius 1 is 0.938 bits per heavy atom. The minimum Gasteiger partial charge on any atom is -0.476 e. The number of hydrogen-bond donors (Lipinski definition) is 5. The van der Waals surface area contributed by atoms with Crippen molar-refractivity contribution in [2.24, 2.45) is 0 Å². The van der Waals surface area contributed by atoms with Crippen LogP contribution in [0.5, 0.6) is 0 Å². The van der Waals surface area contributed by atoms with Crippen molar-refractivity contribution in [1.82, 2.24) is 9.97 Å². The lowest BCUT2D eigenvalue weighted by molar-refractivity contribution is 0.0641. The van der Waals surface area contributed by atoms with Gasteiger partial charge in [-0.3, -0.25) is 0 Å². The molecular formula is C6H7BN2O7. The van der Waals surface area contributed by atoms with E-state index in [-0.39, 0.29) is 0 Å². The van der Waals surface area contributed by atoms with Gasteiger partial charge in [-0.25, -0.2) is 19.6 Å². The van der Waals surface area contributed by atoms with Gasteiger partial charge in [0.05, 0.1) is 0 Å². The molecule has 0 bridgehead atoms. The predicted molar refractivity (Wildman–Crippen MR) is 48.4 cm³/mol. The Morgan fingerprint density at radius 2 is 1.19 bits per heavy atom. The molecule has 1 aromatic heterocycles. The van der Waals surface area contributed by atoms with E-state index in [1.807, 2.05) is 0 Å². The smallest absolute Gasteiger partial charge is 0.476 e. The first-order chi connectivity index (χ1) is 7.36. The fourth-order valence-corrected chi connectivity index (χ4v) is 0.651. The molecule has 1 aromatic rings. The average molecular weight is 230 g/mol. The molecule has 5 N–H and O–H groups in total. The number of hydrogen-bond acceptors (Lipinski definition) is 7. The molecule has 0 unspecified atom stereocenters. The molecule has 16 heavy (non-hydrogen) atoms. The van der Waals surface area contributed by atoms with Crippen molar-refractivity contribution in [2.45, 2.75) is 0 Å². The van der Waals surface area contributed by atoms with Gasteiger partial charge in [-0.2, -0.15) is 0 Å². The van der Waals surface area contributed by atoms with Crippen LogP contribution in [0.15, 0.2) is 12.4 Å². The Balaban J connectivity index is 0.000000487. The van der Waals surface area contributed by atoms with E-state index in [1.54, 1.807) is 0 Å². The lowest BCUT2D eigenvalue weighted by Gasteiger charge is -1.96. The van der Waals surface area contributed by atoms with Crippen LogP contribution in [0.1, 0.15) is 21.0 Å². The maximum atomic E-state index is 10.4. The molecular weight excluding hydrogens is 223 g/mol. The summed E-state index contributed by atoms with van der Waals surface area (Å²) < 4.78 is 0. The molecule has 0 amide bonds. The molecule has 9 nitrogen and oxygen atoms in total. The summed E-state index contributed by atoms with van der Waals surface area (Å²) in [6.07, 6.45) is 2.24. The highest BCUT2D eigenvalue weighted by Crippen LogP contribution is 2.00. The summed E-state index contributed by atoms with van der Waals surface area (Å²) in [4.78, 5) is 27.4. The van der Waals surface area contributed by atoms with Gasteiger partial charge in [0.25, 0.3) is 0 Å². The van der Waals surface area contributed by atoms with Gasteiger partial charge in [-0.15, -0.1) is 0 Å². The first-order valence-electron chi connectivity index (χ1n) is 3.68. The van der Waals surface area contributed by atoms with Crippen LogP contribution in [0.4, 0.5) is 0 Å². The number of aromatic nitrogens is 2. The topological polar surface area (TPSA) is 161 Å². The zero-order chi connectivity index (χ0) is 12.7. The van der Waals surface area contributed by atoms with Crippen molar-refractivity contribution in [3.05, 3.63) is 23.8 Å². The van der Waals surface area contributed by atoms with Crippen LogP contribution in [0.2, 0.25) is 0 Å². The van der Waals surface area contributed by atoms with Crippen LogP contribution in [-0.2, 0) is 0 Å². The maximum absolute atomic E-state index is 10.4. The highest BCUT2D eigenvalue weighted by Gasteiger charge is 2.17. The van der Waals surface area contributed by atoms with Gasteiger partial charge in [0.2, 0.25) is 0 Å². The summed E-state index contributed by atoms with van der Waals surface area (Å²) in [5.74, 6) is -2.80. The molecule has 1 rings (SSSR count). The summed E-state index contributed by atoms with van der Waals surface area (Å²) in [6.45, 7) is 0. The summed E-state index contributed by atoms with van der Waals surface area (Å²) in [7, 11) is -2.17. The monoisotopic (exact) mass is 230 g/mol. The van der Waals surface area contributed by atoms with Gasteiger partial charge >= 0.3 is 19.3 Å². The van der Waals surface area contributed by atoms with Gasteiger partial charge in [-0.1, -0.05) is 0 Å².